The van der Waals surface area contributed by atoms with Crippen molar-refractivity contribution in [2.75, 3.05) is 6.61 Å². The fraction of sp³-hybridized carbons (Fsp3) is 0.576. The van der Waals surface area contributed by atoms with Gasteiger partial charge in [0.15, 0.2) is 11.6 Å². The summed E-state index contributed by atoms with van der Waals surface area (Å²) in [4.78, 5) is 0. The molecule has 1 fully saturated rings. The molecule has 0 atom stereocenters. The summed E-state index contributed by atoms with van der Waals surface area (Å²) in [6.45, 7) is 4.83. The molecular weight excluding hydrogens is 450 g/mol. The van der Waals surface area contributed by atoms with E-state index in [0.29, 0.717) is 18.1 Å². The average molecular weight is 497 g/mol. The maximum absolute atomic E-state index is 14.8. The SMILES string of the molecule is CCCCCCOc1ccc(C2CCC(/C=C/CCc3ccc(CCCCC)cc3)CC2)c(F)c1F. The van der Waals surface area contributed by atoms with E-state index in [2.05, 4.69) is 50.3 Å². The molecule has 1 aliphatic carbocycles. The molecule has 0 aromatic heterocycles. The third kappa shape index (κ3) is 9.05. The van der Waals surface area contributed by atoms with E-state index >= 15 is 0 Å². The molecule has 36 heavy (non-hydrogen) atoms. The molecule has 0 bridgehead atoms. The van der Waals surface area contributed by atoms with Crippen LogP contribution in [0.5, 0.6) is 5.75 Å². The number of hydrogen-bond acceptors (Lipinski definition) is 1. The molecule has 2 aromatic rings. The van der Waals surface area contributed by atoms with Gasteiger partial charge in [0.1, 0.15) is 0 Å². The van der Waals surface area contributed by atoms with E-state index in [1.165, 1.54) is 36.8 Å². The third-order valence-electron chi connectivity index (χ3n) is 7.64. The third-order valence-corrected chi connectivity index (χ3v) is 7.64. The fourth-order valence-electron chi connectivity index (χ4n) is 5.30. The van der Waals surface area contributed by atoms with Gasteiger partial charge >= 0.3 is 0 Å². The van der Waals surface area contributed by atoms with Gasteiger partial charge in [0.25, 0.3) is 0 Å². The van der Waals surface area contributed by atoms with Gasteiger partial charge in [-0.15, -0.1) is 0 Å². The van der Waals surface area contributed by atoms with Gasteiger partial charge in [0, 0.05) is 0 Å². The van der Waals surface area contributed by atoms with Gasteiger partial charge in [-0.1, -0.05) is 88.4 Å². The normalized spacial score (nSPS) is 18.1. The van der Waals surface area contributed by atoms with Crippen LogP contribution in [-0.2, 0) is 12.8 Å². The minimum atomic E-state index is -0.820. The predicted molar refractivity (Wildman–Crippen MR) is 148 cm³/mol. The first-order valence-corrected chi connectivity index (χ1v) is 14.5. The Kier molecular flexibility index (Phi) is 12.5. The Morgan fingerprint density at radius 2 is 1.42 bits per heavy atom. The van der Waals surface area contributed by atoms with Crippen LogP contribution in [0.2, 0.25) is 0 Å². The molecule has 0 amide bonds. The lowest BCUT2D eigenvalue weighted by molar-refractivity contribution is 0.283. The number of unbranched alkanes of at least 4 members (excludes halogenated alkanes) is 5. The molecule has 1 aliphatic rings. The topological polar surface area (TPSA) is 9.23 Å². The lowest BCUT2D eigenvalue weighted by Crippen LogP contribution is -2.14. The van der Waals surface area contributed by atoms with Crippen molar-refractivity contribution in [3.8, 4) is 5.75 Å². The van der Waals surface area contributed by atoms with Crippen molar-refractivity contribution >= 4 is 0 Å². The van der Waals surface area contributed by atoms with Crippen molar-refractivity contribution in [2.24, 2.45) is 5.92 Å². The number of ether oxygens (including phenoxy) is 1. The Morgan fingerprint density at radius 3 is 2.11 bits per heavy atom. The van der Waals surface area contributed by atoms with Crippen molar-refractivity contribution in [3.05, 3.63) is 76.9 Å². The summed E-state index contributed by atoms with van der Waals surface area (Å²) in [6.07, 6.45) is 19.9. The van der Waals surface area contributed by atoms with Crippen LogP contribution in [0.4, 0.5) is 8.78 Å². The minimum absolute atomic E-state index is 0.0514. The first-order chi connectivity index (χ1) is 17.6. The Bertz CT molecular complexity index is 910. The summed E-state index contributed by atoms with van der Waals surface area (Å²) in [5.74, 6) is -0.842. The maximum Gasteiger partial charge on any atom is 0.200 e. The highest BCUT2D eigenvalue weighted by molar-refractivity contribution is 5.33. The Hall–Kier alpha value is -2.16. The highest BCUT2D eigenvalue weighted by atomic mass is 19.2. The smallest absolute Gasteiger partial charge is 0.200 e. The van der Waals surface area contributed by atoms with E-state index < -0.39 is 11.6 Å². The van der Waals surface area contributed by atoms with Gasteiger partial charge in [-0.2, -0.15) is 4.39 Å². The second-order valence-corrected chi connectivity index (χ2v) is 10.5. The summed E-state index contributed by atoms with van der Waals surface area (Å²) < 4.78 is 34.9. The number of halogens is 2. The molecule has 0 N–H and O–H groups in total. The number of allylic oxidation sites excluding steroid dienone is 2. The summed E-state index contributed by atoms with van der Waals surface area (Å²) in [5, 5.41) is 0. The van der Waals surface area contributed by atoms with Gasteiger partial charge < -0.3 is 4.74 Å². The molecule has 0 aliphatic heterocycles. The van der Waals surface area contributed by atoms with Gasteiger partial charge in [-0.3, -0.25) is 0 Å². The quantitative estimate of drug-likeness (QED) is 0.176. The van der Waals surface area contributed by atoms with Gasteiger partial charge in [0.05, 0.1) is 6.61 Å². The molecular formula is C33H46F2O. The zero-order valence-electron chi connectivity index (χ0n) is 22.5. The zero-order chi connectivity index (χ0) is 25.6. The van der Waals surface area contributed by atoms with Crippen molar-refractivity contribution < 1.29 is 13.5 Å². The maximum atomic E-state index is 14.8. The Morgan fingerprint density at radius 1 is 0.750 bits per heavy atom. The number of hydrogen-bond donors (Lipinski definition) is 0. The second kappa shape index (κ2) is 15.8. The van der Waals surface area contributed by atoms with Gasteiger partial charge in [-0.25, -0.2) is 4.39 Å². The van der Waals surface area contributed by atoms with Crippen LogP contribution in [0.25, 0.3) is 0 Å². The molecule has 0 heterocycles. The summed E-state index contributed by atoms with van der Waals surface area (Å²) in [6, 6.07) is 12.5. The standard InChI is InChI=1S/C33H46F2O/c1-3-5-7-11-25-36-31-24-23-30(32(34)33(31)35)29-21-19-28(20-22-29)14-10-9-13-27-17-15-26(16-18-27)12-8-6-4-2/h10,14-18,23-24,28-29H,3-9,11-13,19-22,25H2,1-2H3/b14-10+. The van der Waals surface area contributed by atoms with Crippen LogP contribution in [0.15, 0.2) is 48.6 Å². The predicted octanol–water partition coefficient (Wildman–Crippen LogP) is 10.1. The number of aryl methyl sites for hydroxylation is 2. The van der Waals surface area contributed by atoms with Gasteiger partial charge in [0.2, 0.25) is 5.82 Å². The van der Waals surface area contributed by atoms with E-state index in [4.69, 9.17) is 4.74 Å². The highest BCUT2D eigenvalue weighted by Gasteiger charge is 2.25. The van der Waals surface area contributed by atoms with Crippen LogP contribution >= 0.6 is 0 Å². The van der Waals surface area contributed by atoms with E-state index in [9.17, 15) is 8.78 Å². The summed E-state index contributed by atoms with van der Waals surface area (Å²) in [5.41, 5.74) is 3.36. The molecule has 198 valence electrons. The summed E-state index contributed by atoms with van der Waals surface area (Å²) in [7, 11) is 0. The van der Waals surface area contributed by atoms with E-state index in [1.54, 1.807) is 12.1 Å². The molecule has 1 saturated carbocycles. The van der Waals surface area contributed by atoms with E-state index in [1.807, 2.05) is 0 Å². The molecule has 0 spiro atoms. The van der Waals surface area contributed by atoms with Crippen molar-refractivity contribution in [2.45, 2.75) is 110 Å². The van der Waals surface area contributed by atoms with Crippen LogP contribution in [0.1, 0.15) is 114 Å². The molecule has 0 unspecified atom stereocenters. The second-order valence-electron chi connectivity index (χ2n) is 10.5. The van der Waals surface area contributed by atoms with Crippen LogP contribution in [0, 0.1) is 17.6 Å². The molecule has 0 radical (unpaired) electrons. The molecule has 1 nitrogen and oxygen atoms in total. The number of rotatable bonds is 15. The zero-order valence-corrected chi connectivity index (χ0v) is 22.5. The minimum Gasteiger partial charge on any atom is -0.490 e. The monoisotopic (exact) mass is 496 g/mol. The molecule has 2 aromatic carbocycles. The first kappa shape index (κ1) is 28.4. The fourth-order valence-corrected chi connectivity index (χ4v) is 5.30. The largest absolute Gasteiger partial charge is 0.490 e. The molecule has 0 saturated heterocycles. The lowest BCUT2D eigenvalue weighted by Gasteiger charge is -2.27. The van der Waals surface area contributed by atoms with Crippen LogP contribution < -0.4 is 4.74 Å². The molecule has 3 rings (SSSR count). The summed E-state index contributed by atoms with van der Waals surface area (Å²) >= 11 is 0. The Labute approximate surface area is 218 Å². The van der Waals surface area contributed by atoms with Crippen LogP contribution in [-0.4, -0.2) is 6.61 Å². The molecule has 3 heteroatoms. The average Bonchev–Trinajstić information content (AvgIpc) is 2.90. The highest BCUT2D eigenvalue weighted by Crippen LogP contribution is 2.39. The van der Waals surface area contributed by atoms with Crippen molar-refractivity contribution in [1.82, 2.24) is 0 Å². The van der Waals surface area contributed by atoms with Crippen molar-refractivity contribution in [3.63, 3.8) is 0 Å². The van der Waals surface area contributed by atoms with Crippen molar-refractivity contribution in [1.29, 1.82) is 0 Å². The van der Waals surface area contributed by atoms with E-state index in [0.717, 1.165) is 64.2 Å². The number of benzene rings is 2. The lowest BCUT2D eigenvalue weighted by atomic mass is 9.78. The Balaban J connectivity index is 1.39. The first-order valence-electron chi connectivity index (χ1n) is 14.5. The van der Waals surface area contributed by atoms with Gasteiger partial charge in [-0.05, 0) is 92.4 Å². The van der Waals surface area contributed by atoms with Crippen LogP contribution in [0.3, 0.4) is 0 Å². The van der Waals surface area contributed by atoms with E-state index in [-0.39, 0.29) is 11.7 Å².